The normalized spacial score (nSPS) is 10.8. The maximum atomic E-state index is 12.1. The third-order valence-electron chi connectivity index (χ3n) is 1.81. The number of nitrogens with two attached hydrogens (primary N) is 1. The first kappa shape index (κ1) is 12.5. The van der Waals surface area contributed by atoms with Crippen LogP contribution in [0.3, 0.4) is 0 Å². The summed E-state index contributed by atoms with van der Waals surface area (Å²) in [5, 5.41) is 6.92. The number of carbonyl (C=O) groups excluding carboxylic acids is 1. The van der Waals surface area contributed by atoms with E-state index in [9.17, 15) is 13.6 Å². The summed E-state index contributed by atoms with van der Waals surface area (Å²) in [5.41, 5.74) is 5.40. The van der Waals surface area contributed by atoms with Crippen molar-refractivity contribution < 1.29 is 18.3 Å². The molecular weight excluding hydrogens is 222 g/mol. The average molecular weight is 234 g/mol. The molecule has 16 heavy (non-hydrogen) atoms. The Morgan fingerprint density at radius 3 is 2.81 bits per heavy atom. The minimum Gasteiger partial charge on any atom is -0.461 e. The Hall–Kier alpha value is -1.57. The molecule has 1 rings (SSSR count). The zero-order chi connectivity index (χ0) is 12.1. The summed E-state index contributed by atoms with van der Waals surface area (Å²) >= 11 is 0. The maximum Gasteiger partial charge on any atom is 0.360 e. The van der Waals surface area contributed by atoms with Crippen LogP contribution >= 0.6 is 0 Å². The molecule has 6 nitrogen and oxygen atoms in total. The maximum absolute atomic E-state index is 12.1. The van der Waals surface area contributed by atoms with E-state index >= 15 is 0 Å². The molecule has 0 saturated carbocycles. The Bertz CT molecular complexity index is 367. The molecule has 0 aliphatic heterocycles. The molecule has 0 atom stereocenters. The molecule has 2 N–H and O–H groups in total. The minimum atomic E-state index is -2.58. The van der Waals surface area contributed by atoms with Gasteiger partial charge in [-0.2, -0.15) is 0 Å². The number of carbonyl (C=O) groups is 1. The van der Waals surface area contributed by atoms with Crippen molar-refractivity contribution in [3.05, 3.63) is 11.4 Å². The summed E-state index contributed by atoms with van der Waals surface area (Å²) in [7, 11) is 0. The van der Waals surface area contributed by atoms with Gasteiger partial charge in [-0.15, -0.1) is 5.10 Å². The van der Waals surface area contributed by atoms with Gasteiger partial charge in [-0.3, -0.25) is 0 Å². The van der Waals surface area contributed by atoms with Crippen molar-refractivity contribution in [2.45, 2.75) is 26.4 Å². The Morgan fingerprint density at radius 2 is 2.31 bits per heavy atom. The van der Waals surface area contributed by atoms with Gasteiger partial charge in [-0.05, 0) is 6.92 Å². The molecule has 0 spiro atoms. The molecule has 8 heteroatoms. The van der Waals surface area contributed by atoms with Gasteiger partial charge in [0.2, 0.25) is 0 Å². The fourth-order valence-corrected chi connectivity index (χ4v) is 1.17. The van der Waals surface area contributed by atoms with Gasteiger partial charge in [-0.1, -0.05) is 5.21 Å². The van der Waals surface area contributed by atoms with Gasteiger partial charge in [0.05, 0.1) is 12.3 Å². The van der Waals surface area contributed by atoms with Crippen LogP contribution in [-0.2, 0) is 17.8 Å². The number of halogens is 2. The predicted molar refractivity (Wildman–Crippen MR) is 49.9 cm³/mol. The second-order valence-corrected chi connectivity index (χ2v) is 2.88. The van der Waals surface area contributed by atoms with Crippen LogP contribution in [0.2, 0.25) is 0 Å². The van der Waals surface area contributed by atoms with Crippen molar-refractivity contribution in [1.82, 2.24) is 15.0 Å². The van der Waals surface area contributed by atoms with Gasteiger partial charge in [-0.25, -0.2) is 18.3 Å². The number of hydrogen-bond acceptors (Lipinski definition) is 5. The number of rotatable bonds is 5. The SMILES string of the molecule is CCOC(=O)c1nnn(CC(F)F)c1CN. The molecular formula is C8H12F2N4O2. The summed E-state index contributed by atoms with van der Waals surface area (Å²) < 4.78 is 29.9. The van der Waals surface area contributed by atoms with Crippen LogP contribution in [0, 0.1) is 0 Å². The minimum absolute atomic E-state index is 0.103. The Morgan fingerprint density at radius 1 is 1.62 bits per heavy atom. The van der Waals surface area contributed by atoms with Crippen LogP contribution in [0.5, 0.6) is 0 Å². The van der Waals surface area contributed by atoms with Gasteiger partial charge in [0.15, 0.2) is 5.69 Å². The highest BCUT2D eigenvalue weighted by Crippen LogP contribution is 2.08. The summed E-state index contributed by atoms with van der Waals surface area (Å²) in [5.74, 6) is -0.705. The molecule has 0 amide bonds. The first-order valence-corrected chi connectivity index (χ1v) is 4.67. The monoisotopic (exact) mass is 234 g/mol. The quantitative estimate of drug-likeness (QED) is 0.735. The van der Waals surface area contributed by atoms with E-state index in [4.69, 9.17) is 10.5 Å². The molecule has 0 aromatic carbocycles. The zero-order valence-corrected chi connectivity index (χ0v) is 8.69. The van der Waals surface area contributed by atoms with Gasteiger partial charge >= 0.3 is 5.97 Å². The lowest BCUT2D eigenvalue weighted by Gasteiger charge is -2.04. The largest absolute Gasteiger partial charge is 0.461 e. The van der Waals surface area contributed by atoms with E-state index in [0.29, 0.717) is 0 Å². The second kappa shape index (κ2) is 5.50. The van der Waals surface area contributed by atoms with Crippen LogP contribution in [0.1, 0.15) is 23.1 Å². The predicted octanol–water partition coefficient (Wildman–Crippen LogP) is 0.179. The average Bonchev–Trinajstić information content (AvgIpc) is 2.60. The fraction of sp³-hybridized carbons (Fsp3) is 0.625. The second-order valence-electron chi connectivity index (χ2n) is 2.88. The van der Waals surface area contributed by atoms with Crippen molar-refractivity contribution in [1.29, 1.82) is 0 Å². The van der Waals surface area contributed by atoms with Crippen molar-refractivity contribution in [3.8, 4) is 0 Å². The molecule has 0 radical (unpaired) electrons. The molecule has 0 saturated heterocycles. The summed E-state index contributed by atoms with van der Waals surface area (Å²) in [6, 6.07) is 0. The topological polar surface area (TPSA) is 83.0 Å². The van der Waals surface area contributed by atoms with E-state index in [1.165, 1.54) is 0 Å². The van der Waals surface area contributed by atoms with Gasteiger partial charge in [0.1, 0.15) is 6.54 Å². The molecule has 0 aliphatic rings. The summed E-state index contributed by atoms with van der Waals surface area (Å²) in [6.45, 7) is 1.06. The molecule has 0 fully saturated rings. The highest BCUT2D eigenvalue weighted by molar-refractivity contribution is 5.88. The van der Waals surface area contributed by atoms with Crippen LogP contribution in [0.25, 0.3) is 0 Å². The van der Waals surface area contributed by atoms with Crippen LogP contribution < -0.4 is 5.73 Å². The molecule has 1 aromatic heterocycles. The lowest BCUT2D eigenvalue weighted by molar-refractivity contribution is 0.0517. The van der Waals surface area contributed by atoms with Crippen molar-refractivity contribution in [3.63, 3.8) is 0 Å². The number of aromatic nitrogens is 3. The Labute approximate surface area is 90.4 Å². The highest BCUT2D eigenvalue weighted by atomic mass is 19.3. The van der Waals surface area contributed by atoms with Gasteiger partial charge in [0.25, 0.3) is 6.43 Å². The van der Waals surface area contributed by atoms with Crippen molar-refractivity contribution in [2.24, 2.45) is 5.73 Å². The molecule has 0 bridgehead atoms. The van der Waals surface area contributed by atoms with Crippen LogP contribution in [0.15, 0.2) is 0 Å². The number of ether oxygens (including phenoxy) is 1. The van der Waals surface area contributed by atoms with E-state index in [1.807, 2.05) is 0 Å². The molecule has 1 aromatic rings. The third kappa shape index (κ3) is 2.72. The number of nitrogens with zero attached hydrogens (tertiary/aromatic N) is 3. The summed E-state index contributed by atoms with van der Waals surface area (Å²) in [4.78, 5) is 11.3. The Balaban J connectivity index is 2.94. The van der Waals surface area contributed by atoms with Crippen LogP contribution in [-0.4, -0.2) is 34.0 Å². The van der Waals surface area contributed by atoms with E-state index in [0.717, 1.165) is 4.68 Å². The molecule has 0 unspecified atom stereocenters. The highest BCUT2D eigenvalue weighted by Gasteiger charge is 2.21. The lowest BCUT2D eigenvalue weighted by atomic mass is 10.3. The van der Waals surface area contributed by atoms with Crippen molar-refractivity contribution >= 4 is 5.97 Å². The van der Waals surface area contributed by atoms with E-state index in [2.05, 4.69) is 10.3 Å². The molecule has 90 valence electrons. The Kier molecular flexibility index (Phi) is 4.29. The molecule has 0 aliphatic carbocycles. The lowest BCUT2D eigenvalue weighted by Crippen LogP contribution is -2.16. The zero-order valence-electron chi connectivity index (χ0n) is 8.69. The number of esters is 1. The number of alkyl halides is 2. The third-order valence-corrected chi connectivity index (χ3v) is 1.81. The fourth-order valence-electron chi connectivity index (χ4n) is 1.17. The number of hydrogen-bond donors (Lipinski definition) is 1. The standard InChI is InChI=1S/C8H12F2N4O2/c1-2-16-8(15)7-5(3-11)14(13-12-7)4-6(9)10/h6H,2-4,11H2,1H3. The van der Waals surface area contributed by atoms with Crippen LogP contribution in [0.4, 0.5) is 8.78 Å². The van der Waals surface area contributed by atoms with E-state index < -0.39 is 18.9 Å². The smallest absolute Gasteiger partial charge is 0.360 e. The van der Waals surface area contributed by atoms with Gasteiger partial charge < -0.3 is 10.5 Å². The molecule has 1 heterocycles. The first-order valence-electron chi connectivity index (χ1n) is 4.67. The summed E-state index contributed by atoms with van der Waals surface area (Å²) in [6.07, 6.45) is -2.58. The van der Waals surface area contributed by atoms with Crippen molar-refractivity contribution in [2.75, 3.05) is 6.61 Å². The van der Waals surface area contributed by atoms with E-state index in [1.54, 1.807) is 6.92 Å². The van der Waals surface area contributed by atoms with Gasteiger partial charge in [0, 0.05) is 6.54 Å². The van der Waals surface area contributed by atoms with E-state index in [-0.39, 0.29) is 24.5 Å². The first-order chi connectivity index (χ1) is 7.60.